The van der Waals surface area contributed by atoms with Crippen LogP contribution in [0.5, 0.6) is 0 Å². The summed E-state index contributed by atoms with van der Waals surface area (Å²) < 4.78 is 10.7. The summed E-state index contributed by atoms with van der Waals surface area (Å²) in [6, 6.07) is 7.59. The number of furan rings is 1. The molecule has 0 bridgehead atoms. The van der Waals surface area contributed by atoms with Gasteiger partial charge in [-0.15, -0.1) is 0 Å². The lowest BCUT2D eigenvalue weighted by Gasteiger charge is -2.34. The van der Waals surface area contributed by atoms with Gasteiger partial charge in [0.25, 0.3) is 5.91 Å². The number of nitrogens with one attached hydrogen (secondary N) is 1. The standard InChI is InChI=1S/C20H25NO4/c1-12-7-6-9-16(13(12)2)21-18(22)11-24-20(23)19-14(3)15-8-4-5-10-17(15)25-19/h4-5,8,10,12-13,16H,6-7,9,11H2,1-3H3,(H,21,22)/t12-,13-,16+/m0/s1. The highest BCUT2D eigenvalue weighted by Gasteiger charge is 2.28. The molecular formula is C20H25NO4. The third-order valence-electron chi connectivity index (χ3n) is 5.42. The number of para-hydroxylation sites is 1. The minimum absolute atomic E-state index is 0.155. The molecule has 1 amide bonds. The Morgan fingerprint density at radius 1 is 1.24 bits per heavy atom. The molecule has 1 fully saturated rings. The van der Waals surface area contributed by atoms with Crippen LogP contribution in [-0.2, 0) is 9.53 Å². The van der Waals surface area contributed by atoms with E-state index >= 15 is 0 Å². The highest BCUT2D eigenvalue weighted by atomic mass is 16.5. The van der Waals surface area contributed by atoms with Crippen molar-refractivity contribution in [2.75, 3.05) is 6.61 Å². The molecule has 1 aromatic carbocycles. The Balaban J connectivity index is 1.58. The Kier molecular flexibility index (Phi) is 5.11. The van der Waals surface area contributed by atoms with Crippen molar-refractivity contribution in [2.24, 2.45) is 11.8 Å². The number of carbonyl (C=O) groups is 2. The van der Waals surface area contributed by atoms with Gasteiger partial charge in [0.05, 0.1) is 0 Å². The van der Waals surface area contributed by atoms with Crippen molar-refractivity contribution in [3.8, 4) is 0 Å². The van der Waals surface area contributed by atoms with Crippen LogP contribution in [0, 0.1) is 18.8 Å². The Bertz CT molecular complexity index is 779. The smallest absolute Gasteiger partial charge is 0.375 e. The van der Waals surface area contributed by atoms with E-state index in [0.717, 1.165) is 23.8 Å². The second-order valence-corrected chi connectivity index (χ2v) is 7.07. The van der Waals surface area contributed by atoms with Crippen molar-refractivity contribution < 1.29 is 18.7 Å². The van der Waals surface area contributed by atoms with E-state index in [0.29, 0.717) is 17.4 Å². The minimum Gasteiger partial charge on any atom is -0.450 e. The predicted octanol–water partition coefficient (Wildman–Crippen LogP) is 3.84. The fourth-order valence-electron chi connectivity index (χ4n) is 3.60. The molecule has 1 aliphatic carbocycles. The monoisotopic (exact) mass is 343 g/mol. The lowest BCUT2D eigenvalue weighted by Crippen LogP contribution is -2.45. The van der Waals surface area contributed by atoms with Crippen molar-refractivity contribution in [1.29, 1.82) is 0 Å². The van der Waals surface area contributed by atoms with Crippen LogP contribution in [0.4, 0.5) is 0 Å². The van der Waals surface area contributed by atoms with Gasteiger partial charge in [-0.1, -0.05) is 44.9 Å². The van der Waals surface area contributed by atoms with E-state index in [2.05, 4.69) is 19.2 Å². The lowest BCUT2D eigenvalue weighted by molar-refractivity contribution is -0.125. The molecule has 25 heavy (non-hydrogen) atoms. The van der Waals surface area contributed by atoms with Crippen LogP contribution in [0.2, 0.25) is 0 Å². The molecule has 5 nitrogen and oxygen atoms in total. The summed E-state index contributed by atoms with van der Waals surface area (Å²) in [5.74, 6) is 0.335. The first-order valence-electron chi connectivity index (χ1n) is 8.92. The topological polar surface area (TPSA) is 68.5 Å². The highest BCUT2D eigenvalue weighted by molar-refractivity contribution is 5.96. The van der Waals surface area contributed by atoms with Crippen LogP contribution in [0.1, 0.15) is 49.2 Å². The molecule has 1 aliphatic rings. The molecule has 1 saturated carbocycles. The highest BCUT2D eigenvalue weighted by Crippen LogP contribution is 2.29. The largest absolute Gasteiger partial charge is 0.450 e. The molecule has 0 spiro atoms. The van der Waals surface area contributed by atoms with Crippen molar-refractivity contribution in [2.45, 2.75) is 46.1 Å². The number of aryl methyl sites for hydroxylation is 1. The van der Waals surface area contributed by atoms with Crippen molar-refractivity contribution >= 4 is 22.8 Å². The number of hydrogen-bond donors (Lipinski definition) is 1. The number of esters is 1. The number of rotatable bonds is 4. The molecule has 1 aromatic heterocycles. The van der Waals surface area contributed by atoms with Gasteiger partial charge in [-0.05, 0) is 31.2 Å². The number of fused-ring (bicyclic) bond motifs is 1. The first-order valence-corrected chi connectivity index (χ1v) is 8.92. The summed E-state index contributed by atoms with van der Waals surface area (Å²) in [5.41, 5.74) is 1.37. The second-order valence-electron chi connectivity index (χ2n) is 7.07. The van der Waals surface area contributed by atoms with Crippen LogP contribution in [0.3, 0.4) is 0 Å². The molecule has 5 heteroatoms. The third kappa shape index (κ3) is 3.70. The van der Waals surface area contributed by atoms with Gasteiger partial charge in [-0.3, -0.25) is 4.79 Å². The molecule has 2 aromatic rings. The van der Waals surface area contributed by atoms with Crippen LogP contribution < -0.4 is 5.32 Å². The van der Waals surface area contributed by atoms with E-state index in [4.69, 9.17) is 9.15 Å². The first-order chi connectivity index (χ1) is 12.0. The zero-order valence-electron chi connectivity index (χ0n) is 15.0. The lowest BCUT2D eigenvalue weighted by atomic mass is 9.78. The Morgan fingerprint density at radius 3 is 2.76 bits per heavy atom. The Labute approximate surface area is 147 Å². The molecule has 1 heterocycles. The fourth-order valence-corrected chi connectivity index (χ4v) is 3.60. The van der Waals surface area contributed by atoms with E-state index in [1.54, 1.807) is 6.07 Å². The summed E-state index contributed by atoms with van der Waals surface area (Å²) in [7, 11) is 0. The van der Waals surface area contributed by atoms with Gasteiger partial charge < -0.3 is 14.5 Å². The number of ether oxygens (including phenoxy) is 1. The minimum atomic E-state index is -0.603. The van der Waals surface area contributed by atoms with Crippen molar-refractivity contribution in [3.63, 3.8) is 0 Å². The van der Waals surface area contributed by atoms with Crippen LogP contribution in [0.25, 0.3) is 11.0 Å². The van der Waals surface area contributed by atoms with Gasteiger partial charge >= 0.3 is 5.97 Å². The molecule has 1 N–H and O–H groups in total. The van der Waals surface area contributed by atoms with Gasteiger partial charge in [0.2, 0.25) is 5.76 Å². The Hall–Kier alpha value is -2.30. The molecule has 0 unspecified atom stereocenters. The van der Waals surface area contributed by atoms with Crippen molar-refractivity contribution in [3.05, 3.63) is 35.6 Å². The molecule has 3 atom stereocenters. The number of hydrogen-bond acceptors (Lipinski definition) is 4. The van der Waals surface area contributed by atoms with E-state index in [1.807, 2.05) is 25.1 Å². The van der Waals surface area contributed by atoms with Gasteiger partial charge in [-0.25, -0.2) is 4.79 Å². The molecule has 3 rings (SSSR count). The average molecular weight is 343 g/mol. The van der Waals surface area contributed by atoms with E-state index < -0.39 is 5.97 Å². The van der Waals surface area contributed by atoms with Crippen molar-refractivity contribution in [1.82, 2.24) is 5.32 Å². The quantitative estimate of drug-likeness (QED) is 0.857. The molecule has 0 saturated heterocycles. The Morgan fingerprint density at radius 2 is 2.00 bits per heavy atom. The first kappa shape index (κ1) is 17.5. The average Bonchev–Trinajstić information content (AvgIpc) is 2.94. The maximum Gasteiger partial charge on any atom is 0.375 e. The molecular weight excluding hydrogens is 318 g/mol. The van der Waals surface area contributed by atoms with Gasteiger partial charge in [0.15, 0.2) is 6.61 Å². The van der Waals surface area contributed by atoms with Crippen LogP contribution in [0.15, 0.2) is 28.7 Å². The van der Waals surface area contributed by atoms with Crippen LogP contribution >= 0.6 is 0 Å². The van der Waals surface area contributed by atoms with E-state index in [1.165, 1.54) is 6.42 Å². The third-order valence-corrected chi connectivity index (χ3v) is 5.42. The van der Waals surface area contributed by atoms with E-state index in [-0.39, 0.29) is 24.3 Å². The maximum atomic E-state index is 12.3. The van der Waals surface area contributed by atoms with Gasteiger partial charge in [0.1, 0.15) is 5.58 Å². The summed E-state index contributed by atoms with van der Waals surface area (Å²) in [5, 5.41) is 3.88. The number of carbonyl (C=O) groups excluding carboxylic acids is 2. The summed E-state index contributed by atoms with van der Waals surface area (Å²) in [6.07, 6.45) is 3.30. The normalized spacial score (nSPS) is 23.4. The summed E-state index contributed by atoms with van der Waals surface area (Å²) >= 11 is 0. The summed E-state index contributed by atoms with van der Waals surface area (Å²) in [4.78, 5) is 24.4. The zero-order valence-corrected chi connectivity index (χ0v) is 15.0. The molecule has 134 valence electrons. The summed E-state index contributed by atoms with van der Waals surface area (Å²) in [6.45, 7) is 5.91. The van der Waals surface area contributed by atoms with Gasteiger partial charge in [-0.2, -0.15) is 0 Å². The predicted molar refractivity (Wildman–Crippen MR) is 95.3 cm³/mol. The molecule has 0 radical (unpaired) electrons. The van der Waals surface area contributed by atoms with Gasteiger partial charge in [0, 0.05) is 17.0 Å². The number of benzene rings is 1. The number of amides is 1. The molecule has 0 aliphatic heterocycles. The fraction of sp³-hybridized carbons (Fsp3) is 0.500. The van der Waals surface area contributed by atoms with E-state index in [9.17, 15) is 9.59 Å². The zero-order chi connectivity index (χ0) is 18.0. The maximum absolute atomic E-state index is 12.3. The second kappa shape index (κ2) is 7.30. The SMILES string of the molecule is Cc1c(C(=O)OCC(=O)N[C@@H]2CCC[C@H](C)[C@@H]2C)oc2ccccc12. The van der Waals surface area contributed by atoms with Crippen LogP contribution in [-0.4, -0.2) is 24.5 Å².